The van der Waals surface area contributed by atoms with Gasteiger partial charge in [-0.3, -0.25) is 4.99 Å². The SMILES string of the molecule is CN=C(NCCn1ccnc1)NCC(C)Oc1ccccc1F.I. The van der Waals surface area contributed by atoms with Crippen molar-refractivity contribution < 1.29 is 9.13 Å². The standard InChI is InChI=1S/C16H22FN5O.HI/c1-13(23-15-6-4-3-5-14(15)17)11-21-16(18-2)20-8-10-22-9-7-19-12-22;/h3-7,9,12-13H,8,10-11H2,1-2H3,(H2,18,20,21);1H. The van der Waals surface area contributed by atoms with Gasteiger partial charge in [0.25, 0.3) is 0 Å². The number of hydrogen-bond acceptors (Lipinski definition) is 3. The van der Waals surface area contributed by atoms with Crippen molar-refractivity contribution in [1.82, 2.24) is 20.2 Å². The highest BCUT2D eigenvalue weighted by atomic mass is 127. The van der Waals surface area contributed by atoms with Crippen molar-refractivity contribution in [1.29, 1.82) is 0 Å². The molecule has 2 aromatic rings. The van der Waals surface area contributed by atoms with Crippen LogP contribution in [-0.4, -0.2) is 41.8 Å². The molecular formula is C16H23FIN5O. The maximum Gasteiger partial charge on any atom is 0.191 e. The fourth-order valence-electron chi connectivity index (χ4n) is 1.98. The number of guanidine groups is 1. The lowest BCUT2D eigenvalue weighted by molar-refractivity contribution is 0.214. The summed E-state index contributed by atoms with van der Waals surface area (Å²) in [5.41, 5.74) is 0. The number of benzene rings is 1. The molecule has 24 heavy (non-hydrogen) atoms. The van der Waals surface area contributed by atoms with Gasteiger partial charge in [0.1, 0.15) is 6.10 Å². The van der Waals surface area contributed by atoms with E-state index in [-0.39, 0.29) is 41.6 Å². The predicted octanol–water partition coefficient (Wildman–Crippen LogP) is 2.27. The lowest BCUT2D eigenvalue weighted by Gasteiger charge is -2.18. The minimum atomic E-state index is -0.359. The molecule has 0 amide bonds. The number of hydrogen-bond donors (Lipinski definition) is 2. The van der Waals surface area contributed by atoms with Crippen molar-refractivity contribution in [2.75, 3.05) is 20.1 Å². The summed E-state index contributed by atoms with van der Waals surface area (Å²) in [6, 6.07) is 6.38. The summed E-state index contributed by atoms with van der Waals surface area (Å²) in [6.07, 6.45) is 5.22. The third kappa shape index (κ3) is 6.73. The van der Waals surface area contributed by atoms with Crippen LogP contribution >= 0.6 is 24.0 Å². The second kappa shape index (κ2) is 10.8. The second-order valence-electron chi connectivity index (χ2n) is 5.04. The molecule has 132 valence electrons. The molecule has 2 rings (SSSR count). The Labute approximate surface area is 158 Å². The molecular weight excluding hydrogens is 424 g/mol. The first kappa shape index (κ1) is 20.2. The van der Waals surface area contributed by atoms with Crippen LogP contribution in [0.15, 0.2) is 48.0 Å². The fraction of sp³-hybridized carbons (Fsp3) is 0.375. The van der Waals surface area contributed by atoms with Crippen molar-refractivity contribution in [3.05, 3.63) is 48.8 Å². The summed E-state index contributed by atoms with van der Waals surface area (Å²) in [5.74, 6) is 0.571. The minimum absolute atomic E-state index is 0. The lowest BCUT2D eigenvalue weighted by atomic mass is 10.3. The average molecular weight is 447 g/mol. The number of nitrogens with zero attached hydrogens (tertiary/aromatic N) is 3. The molecule has 0 aliphatic carbocycles. The van der Waals surface area contributed by atoms with Crippen LogP contribution in [0.4, 0.5) is 4.39 Å². The molecule has 0 saturated carbocycles. The van der Waals surface area contributed by atoms with Gasteiger partial charge in [0.15, 0.2) is 17.5 Å². The number of imidazole rings is 1. The number of para-hydroxylation sites is 1. The fourth-order valence-corrected chi connectivity index (χ4v) is 1.98. The molecule has 1 aromatic carbocycles. The average Bonchev–Trinajstić information content (AvgIpc) is 3.06. The molecule has 0 bridgehead atoms. The molecule has 1 atom stereocenters. The molecule has 1 heterocycles. The predicted molar refractivity (Wildman–Crippen MR) is 103 cm³/mol. The minimum Gasteiger partial charge on any atom is -0.486 e. The molecule has 0 aliphatic rings. The quantitative estimate of drug-likeness (QED) is 0.389. The summed E-state index contributed by atoms with van der Waals surface area (Å²) in [4.78, 5) is 8.13. The summed E-state index contributed by atoms with van der Waals surface area (Å²) in [7, 11) is 1.70. The Kier molecular flexibility index (Phi) is 9.13. The summed E-state index contributed by atoms with van der Waals surface area (Å²) < 4.78 is 21.1. The third-order valence-corrected chi connectivity index (χ3v) is 3.17. The first-order valence-corrected chi connectivity index (χ1v) is 7.50. The Hall–Kier alpha value is -1.84. The molecule has 1 unspecified atom stereocenters. The molecule has 0 aliphatic heterocycles. The monoisotopic (exact) mass is 447 g/mol. The zero-order valence-corrected chi connectivity index (χ0v) is 16.1. The smallest absolute Gasteiger partial charge is 0.191 e. The number of aliphatic imine (C=N–C) groups is 1. The zero-order valence-electron chi connectivity index (χ0n) is 13.8. The van der Waals surface area contributed by atoms with Gasteiger partial charge in [-0.1, -0.05) is 12.1 Å². The van der Waals surface area contributed by atoms with Gasteiger partial charge < -0.3 is 19.9 Å². The van der Waals surface area contributed by atoms with Crippen LogP contribution in [-0.2, 0) is 6.54 Å². The Morgan fingerprint density at radius 2 is 2.17 bits per heavy atom. The first-order chi connectivity index (χ1) is 11.2. The molecule has 1 aromatic heterocycles. The van der Waals surface area contributed by atoms with E-state index in [2.05, 4.69) is 20.6 Å². The maximum absolute atomic E-state index is 13.5. The Balaban J connectivity index is 0.00000288. The van der Waals surface area contributed by atoms with E-state index in [0.29, 0.717) is 12.5 Å². The molecule has 0 fully saturated rings. The van der Waals surface area contributed by atoms with Gasteiger partial charge >= 0.3 is 0 Å². The van der Waals surface area contributed by atoms with E-state index in [1.54, 1.807) is 37.8 Å². The lowest BCUT2D eigenvalue weighted by Crippen LogP contribution is -2.42. The largest absolute Gasteiger partial charge is 0.486 e. The van der Waals surface area contributed by atoms with Gasteiger partial charge in [-0.25, -0.2) is 9.37 Å². The van der Waals surface area contributed by atoms with Gasteiger partial charge in [-0.2, -0.15) is 0 Å². The van der Waals surface area contributed by atoms with E-state index < -0.39 is 0 Å². The maximum atomic E-state index is 13.5. The highest BCUT2D eigenvalue weighted by Gasteiger charge is 2.08. The van der Waals surface area contributed by atoms with E-state index in [4.69, 9.17) is 4.74 Å². The molecule has 2 N–H and O–H groups in total. The number of nitrogens with one attached hydrogen (secondary N) is 2. The normalized spacial score (nSPS) is 12.2. The van der Waals surface area contributed by atoms with Crippen molar-refractivity contribution in [3.63, 3.8) is 0 Å². The van der Waals surface area contributed by atoms with Gasteiger partial charge in [-0.15, -0.1) is 24.0 Å². The molecule has 6 nitrogen and oxygen atoms in total. The summed E-state index contributed by atoms with van der Waals surface area (Å²) in [6.45, 7) is 3.90. The van der Waals surface area contributed by atoms with Crippen LogP contribution in [0.25, 0.3) is 0 Å². The number of ether oxygens (including phenoxy) is 1. The molecule has 0 spiro atoms. The highest BCUT2D eigenvalue weighted by molar-refractivity contribution is 14.0. The number of aromatic nitrogens is 2. The van der Waals surface area contributed by atoms with E-state index >= 15 is 0 Å². The zero-order chi connectivity index (χ0) is 16.5. The van der Waals surface area contributed by atoms with Crippen LogP contribution in [0.1, 0.15) is 6.92 Å². The van der Waals surface area contributed by atoms with E-state index in [0.717, 1.165) is 13.1 Å². The van der Waals surface area contributed by atoms with Gasteiger partial charge in [-0.05, 0) is 19.1 Å². The highest BCUT2D eigenvalue weighted by Crippen LogP contribution is 2.16. The van der Waals surface area contributed by atoms with E-state index in [1.807, 2.05) is 17.7 Å². The van der Waals surface area contributed by atoms with Crippen LogP contribution in [0.2, 0.25) is 0 Å². The van der Waals surface area contributed by atoms with Crippen molar-refractivity contribution in [2.24, 2.45) is 4.99 Å². The molecule has 0 radical (unpaired) electrons. The number of halogens is 2. The van der Waals surface area contributed by atoms with Gasteiger partial charge in [0.2, 0.25) is 0 Å². The Bertz CT molecular complexity index is 621. The topological polar surface area (TPSA) is 63.5 Å². The van der Waals surface area contributed by atoms with Gasteiger partial charge in [0.05, 0.1) is 12.9 Å². The summed E-state index contributed by atoms with van der Waals surface area (Å²) in [5, 5.41) is 6.35. The third-order valence-electron chi connectivity index (χ3n) is 3.17. The number of rotatable bonds is 7. The molecule has 8 heteroatoms. The van der Waals surface area contributed by atoms with E-state index in [1.165, 1.54) is 6.07 Å². The van der Waals surface area contributed by atoms with Crippen LogP contribution in [0.3, 0.4) is 0 Å². The Morgan fingerprint density at radius 1 is 1.38 bits per heavy atom. The first-order valence-electron chi connectivity index (χ1n) is 7.50. The van der Waals surface area contributed by atoms with E-state index in [9.17, 15) is 4.39 Å². The van der Waals surface area contributed by atoms with Crippen molar-refractivity contribution >= 4 is 29.9 Å². The van der Waals surface area contributed by atoms with Gasteiger partial charge in [0, 0.05) is 32.5 Å². The summed E-state index contributed by atoms with van der Waals surface area (Å²) >= 11 is 0. The van der Waals surface area contributed by atoms with Crippen LogP contribution in [0, 0.1) is 5.82 Å². The molecule has 0 saturated heterocycles. The van der Waals surface area contributed by atoms with Crippen LogP contribution < -0.4 is 15.4 Å². The van der Waals surface area contributed by atoms with Crippen LogP contribution in [0.5, 0.6) is 5.75 Å². The Morgan fingerprint density at radius 3 is 2.83 bits per heavy atom. The second-order valence-corrected chi connectivity index (χ2v) is 5.04. The van der Waals surface area contributed by atoms with Crippen molar-refractivity contribution in [2.45, 2.75) is 19.6 Å². The van der Waals surface area contributed by atoms with Crippen molar-refractivity contribution in [3.8, 4) is 5.75 Å².